The lowest BCUT2D eigenvalue weighted by molar-refractivity contribution is -0.143. The largest absolute Gasteiger partial charge is 0.306 e. The lowest BCUT2D eigenvalue weighted by atomic mass is 9.76. The van der Waals surface area contributed by atoms with Crippen LogP contribution in [0.2, 0.25) is 0 Å². The van der Waals surface area contributed by atoms with Gasteiger partial charge in [0.2, 0.25) is 11.8 Å². The third kappa shape index (κ3) is 2.31. The molecule has 3 aliphatic heterocycles. The minimum atomic E-state index is -1.22. The minimum absolute atomic E-state index is 0.189. The highest BCUT2D eigenvalue weighted by Gasteiger charge is 2.70. The summed E-state index contributed by atoms with van der Waals surface area (Å²) in [6.07, 6.45) is 1.67. The summed E-state index contributed by atoms with van der Waals surface area (Å²) in [5.41, 5.74) is 1.20. The van der Waals surface area contributed by atoms with E-state index >= 15 is 0 Å². The smallest absolute Gasteiger partial charge is 0.253 e. The number of anilines is 1. The van der Waals surface area contributed by atoms with Crippen molar-refractivity contribution in [2.24, 2.45) is 11.8 Å². The zero-order valence-electron chi connectivity index (χ0n) is 16.7. The molecule has 1 spiro atoms. The second kappa shape index (κ2) is 6.64. The molecule has 3 amide bonds. The van der Waals surface area contributed by atoms with Crippen molar-refractivity contribution >= 4 is 23.4 Å². The Balaban J connectivity index is 1.60. The maximum atomic E-state index is 13.7. The molecular formula is C24H23N3O3. The average molecular weight is 401 g/mol. The number of nitrogens with one attached hydrogen (secondary N) is 1. The molecule has 0 aromatic heterocycles. The number of para-hydroxylation sites is 1. The molecule has 2 saturated heterocycles. The first-order valence-electron chi connectivity index (χ1n) is 10.2. The van der Waals surface area contributed by atoms with Gasteiger partial charge in [-0.15, -0.1) is 6.58 Å². The third-order valence-electron chi connectivity index (χ3n) is 6.60. The van der Waals surface area contributed by atoms with Gasteiger partial charge in [0.25, 0.3) is 5.91 Å². The van der Waals surface area contributed by atoms with E-state index in [9.17, 15) is 14.4 Å². The molecule has 0 bridgehead atoms. The molecule has 152 valence electrons. The molecule has 3 heterocycles. The van der Waals surface area contributed by atoms with Gasteiger partial charge < -0.3 is 4.90 Å². The molecule has 0 aliphatic carbocycles. The van der Waals surface area contributed by atoms with Gasteiger partial charge in [-0.25, -0.2) is 0 Å². The average Bonchev–Trinajstić information content (AvgIpc) is 3.29. The maximum absolute atomic E-state index is 13.7. The molecule has 0 radical (unpaired) electrons. The van der Waals surface area contributed by atoms with Crippen LogP contribution < -0.4 is 10.2 Å². The van der Waals surface area contributed by atoms with Crippen molar-refractivity contribution in [3.63, 3.8) is 0 Å². The summed E-state index contributed by atoms with van der Waals surface area (Å²) >= 11 is 0. The number of amides is 3. The van der Waals surface area contributed by atoms with Gasteiger partial charge in [0, 0.05) is 23.8 Å². The Morgan fingerprint density at radius 3 is 2.43 bits per heavy atom. The number of benzene rings is 2. The third-order valence-corrected chi connectivity index (χ3v) is 6.60. The Morgan fingerprint density at radius 2 is 1.70 bits per heavy atom. The maximum Gasteiger partial charge on any atom is 0.253 e. The minimum Gasteiger partial charge on any atom is -0.306 e. The first-order valence-corrected chi connectivity index (χ1v) is 10.2. The van der Waals surface area contributed by atoms with Gasteiger partial charge in [-0.1, -0.05) is 54.6 Å². The first-order chi connectivity index (χ1) is 14.5. The van der Waals surface area contributed by atoms with E-state index in [2.05, 4.69) is 11.9 Å². The summed E-state index contributed by atoms with van der Waals surface area (Å²) in [6.45, 7) is 6.23. The lowest BCUT2D eigenvalue weighted by Crippen LogP contribution is -2.54. The molecule has 30 heavy (non-hydrogen) atoms. The number of carbonyl (C=O) groups is 3. The molecule has 0 unspecified atom stereocenters. The number of carbonyl (C=O) groups excluding carboxylic acids is 3. The van der Waals surface area contributed by atoms with Gasteiger partial charge in [-0.2, -0.15) is 0 Å². The van der Waals surface area contributed by atoms with E-state index in [1.54, 1.807) is 11.0 Å². The Bertz CT molecular complexity index is 1070. The lowest BCUT2D eigenvalue weighted by Gasteiger charge is -2.30. The zero-order valence-corrected chi connectivity index (χ0v) is 16.7. The van der Waals surface area contributed by atoms with Gasteiger partial charge in [0.05, 0.1) is 18.4 Å². The number of fused-ring (bicyclic) bond motifs is 4. The van der Waals surface area contributed by atoms with E-state index in [-0.39, 0.29) is 30.3 Å². The van der Waals surface area contributed by atoms with E-state index in [0.29, 0.717) is 6.54 Å². The highest BCUT2D eigenvalue weighted by Crippen LogP contribution is 2.54. The van der Waals surface area contributed by atoms with Crippen molar-refractivity contribution in [1.82, 2.24) is 10.2 Å². The SMILES string of the molecule is C=CCN1C(=O)[C@]2(N[C@H](C)[C@H]3C(=O)N(Cc4ccccc4)C(=O)[C@@H]32)c2ccccc21. The Hall–Kier alpha value is -3.25. The van der Waals surface area contributed by atoms with Gasteiger partial charge in [0.1, 0.15) is 5.54 Å². The number of hydrogen-bond acceptors (Lipinski definition) is 4. The molecule has 6 nitrogen and oxygen atoms in total. The van der Waals surface area contributed by atoms with Crippen LogP contribution in [0, 0.1) is 11.8 Å². The van der Waals surface area contributed by atoms with Crippen molar-refractivity contribution in [1.29, 1.82) is 0 Å². The Kier molecular flexibility index (Phi) is 4.15. The fourth-order valence-corrected chi connectivity index (χ4v) is 5.40. The van der Waals surface area contributed by atoms with Crippen LogP contribution >= 0.6 is 0 Å². The molecule has 5 rings (SSSR count). The van der Waals surface area contributed by atoms with Crippen LogP contribution in [0.3, 0.4) is 0 Å². The molecule has 0 saturated carbocycles. The molecule has 4 atom stereocenters. The van der Waals surface area contributed by atoms with Crippen LogP contribution in [0.5, 0.6) is 0 Å². The number of rotatable bonds is 4. The Morgan fingerprint density at radius 1 is 1.00 bits per heavy atom. The monoisotopic (exact) mass is 401 g/mol. The quantitative estimate of drug-likeness (QED) is 0.630. The van der Waals surface area contributed by atoms with Crippen LogP contribution in [0.25, 0.3) is 0 Å². The molecule has 1 N–H and O–H groups in total. The predicted octanol–water partition coefficient (Wildman–Crippen LogP) is 2.21. The van der Waals surface area contributed by atoms with Gasteiger partial charge >= 0.3 is 0 Å². The van der Waals surface area contributed by atoms with Crippen molar-refractivity contribution in [2.45, 2.75) is 25.0 Å². The predicted molar refractivity (Wildman–Crippen MR) is 112 cm³/mol. The van der Waals surface area contributed by atoms with E-state index in [1.165, 1.54) is 4.90 Å². The standard InChI is InChI=1S/C24H23N3O3/c1-3-13-26-18-12-8-7-11-17(18)24(23(26)30)20-19(15(2)25-24)21(28)27(22(20)29)14-16-9-5-4-6-10-16/h3-12,15,19-20,25H,1,13-14H2,2H3/t15-,19-,20-,24+/m1/s1. The Labute approximate surface area is 175 Å². The molecule has 3 aliphatic rings. The first kappa shape index (κ1) is 18.8. The van der Waals surface area contributed by atoms with Gasteiger partial charge in [-0.05, 0) is 18.6 Å². The van der Waals surface area contributed by atoms with Crippen LogP contribution in [-0.2, 0) is 26.5 Å². The summed E-state index contributed by atoms with van der Waals surface area (Å²) in [7, 11) is 0. The van der Waals surface area contributed by atoms with Crippen LogP contribution in [0.15, 0.2) is 67.3 Å². The van der Waals surface area contributed by atoms with Gasteiger partial charge in [-0.3, -0.25) is 24.6 Å². The topological polar surface area (TPSA) is 69.7 Å². The van der Waals surface area contributed by atoms with Crippen molar-refractivity contribution in [2.75, 3.05) is 11.4 Å². The summed E-state index contributed by atoms with van der Waals surface area (Å²) in [4.78, 5) is 43.6. The fraction of sp³-hybridized carbons (Fsp3) is 0.292. The summed E-state index contributed by atoms with van der Waals surface area (Å²) < 4.78 is 0. The fourth-order valence-electron chi connectivity index (χ4n) is 5.40. The summed E-state index contributed by atoms with van der Waals surface area (Å²) in [5, 5.41) is 3.38. The number of imide groups is 1. The van der Waals surface area contributed by atoms with Crippen molar-refractivity contribution < 1.29 is 14.4 Å². The molecule has 6 heteroatoms. The molecule has 2 aromatic rings. The number of hydrogen-bond donors (Lipinski definition) is 1. The number of likely N-dealkylation sites (tertiary alicyclic amines) is 1. The highest BCUT2D eigenvalue weighted by molar-refractivity contribution is 6.16. The molecule has 2 aromatic carbocycles. The van der Waals surface area contributed by atoms with E-state index in [4.69, 9.17) is 0 Å². The number of nitrogens with zero attached hydrogens (tertiary/aromatic N) is 2. The van der Waals surface area contributed by atoms with Crippen LogP contribution in [0.1, 0.15) is 18.1 Å². The van der Waals surface area contributed by atoms with E-state index < -0.39 is 17.4 Å². The second-order valence-corrected chi connectivity index (χ2v) is 8.21. The second-order valence-electron chi connectivity index (χ2n) is 8.21. The van der Waals surface area contributed by atoms with E-state index in [1.807, 2.05) is 61.5 Å². The van der Waals surface area contributed by atoms with Crippen LogP contribution in [-0.4, -0.2) is 35.2 Å². The normalized spacial score (nSPS) is 29.6. The van der Waals surface area contributed by atoms with Crippen molar-refractivity contribution in [3.8, 4) is 0 Å². The molecule has 2 fully saturated rings. The van der Waals surface area contributed by atoms with Crippen LogP contribution in [0.4, 0.5) is 5.69 Å². The molecular weight excluding hydrogens is 378 g/mol. The highest BCUT2D eigenvalue weighted by atomic mass is 16.2. The summed E-state index contributed by atoms with van der Waals surface area (Å²) in [6, 6.07) is 16.7. The van der Waals surface area contributed by atoms with E-state index in [0.717, 1.165) is 16.8 Å². The van der Waals surface area contributed by atoms with Gasteiger partial charge in [0.15, 0.2) is 0 Å². The van der Waals surface area contributed by atoms with Crippen molar-refractivity contribution in [3.05, 3.63) is 78.4 Å². The summed E-state index contributed by atoms with van der Waals surface area (Å²) in [5.74, 6) is -2.01. The zero-order chi connectivity index (χ0) is 21.0.